The maximum absolute atomic E-state index is 13.0. The van der Waals surface area contributed by atoms with E-state index >= 15 is 0 Å². The number of nitriles is 1. The van der Waals surface area contributed by atoms with Gasteiger partial charge in [-0.2, -0.15) is 5.26 Å². The lowest BCUT2D eigenvalue weighted by Gasteiger charge is -2.41. The summed E-state index contributed by atoms with van der Waals surface area (Å²) in [6, 6.07) is 9.97. The van der Waals surface area contributed by atoms with Gasteiger partial charge in [-0.3, -0.25) is 14.6 Å². The van der Waals surface area contributed by atoms with E-state index in [2.05, 4.69) is 41.5 Å². The Morgan fingerprint density at radius 1 is 1.11 bits per heavy atom. The smallest absolute Gasteiger partial charge is 0.239 e. The molecule has 0 unspecified atom stereocenters. The second-order valence-corrected chi connectivity index (χ2v) is 8.49. The van der Waals surface area contributed by atoms with Crippen LogP contribution in [0.4, 0.5) is 0 Å². The summed E-state index contributed by atoms with van der Waals surface area (Å²) in [5.41, 5.74) is 1.94. The first-order valence-corrected chi connectivity index (χ1v) is 10.2. The largest absolute Gasteiger partial charge is 0.341 e. The molecular weight excluding hydrogens is 336 g/mol. The van der Waals surface area contributed by atoms with Crippen molar-refractivity contribution in [2.24, 2.45) is 11.8 Å². The molecule has 5 heteroatoms. The SMILES string of the molecule is C[C@H]1C[C@H](C)CN(C(=O)[C@@H](C)N2CCN(Cc3ccc(C#N)cc3)CC2)C1. The number of benzene rings is 1. The molecule has 0 saturated carbocycles. The summed E-state index contributed by atoms with van der Waals surface area (Å²) < 4.78 is 0. The molecule has 0 spiro atoms. The summed E-state index contributed by atoms with van der Waals surface area (Å²) in [7, 11) is 0. The standard InChI is InChI=1S/C22H32N4O/c1-17-12-18(2)15-26(14-17)22(27)19(3)25-10-8-24(9-11-25)16-21-6-4-20(13-23)5-7-21/h4-7,17-19H,8-12,14-16H2,1-3H3/t17-,18-,19+/m0/s1. The Labute approximate surface area is 163 Å². The summed E-state index contributed by atoms with van der Waals surface area (Å²) in [5.74, 6) is 1.51. The van der Waals surface area contributed by atoms with Crippen molar-refractivity contribution in [1.29, 1.82) is 5.26 Å². The molecule has 3 atom stereocenters. The molecule has 3 rings (SSSR count). The van der Waals surface area contributed by atoms with Gasteiger partial charge in [-0.05, 0) is 42.9 Å². The van der Waals surface area contributed by atoms with Crippen LogP contribution in [-0.2, 0) is 11.3 Å². The molecule has 146 valence electrons. The van der Waals surface area contributed by atoms with Gasteiger partial charge in [0.1, 0.15) is 0 Å². The fourth-order valence-corrected chi connectivity index (χ4v) is 4.51. The van der Waals surface area contributed by atoms with Crippen LogP contribution in [0, 0.1) is 23.2 Å². The van der Waals surface area contributed by atoms with E-state index in [1.807, 2.05) is 24.3 Å². The molecule has 0 bridgehead atoms. The van der Waals surface area contributed by atoms with E-state index < -0.39 is 0 Å². The van der Waals surface area contributed by atoms with Crippen molar-refractivity contribution in [3.8, 4) is 6.07 Å². The van der Waals surface area contributed by atoms with Gasteiger partial charge in [-0.15, -0.1) is 0 Å². The Morgan fingerprint density at radius 3 is 2.26 bits per heavy atom. The summed E-state index contributed by atoms with van der Waals surface area (Å²) in [6.07, 6.45) is 1.23. The van der Waals surface area contributed by atoms with Gasteiger partial charge in [0.2, 0.25) is 5.91 Å². The van der Waals surface area contributed by atoms with Gasteiger partial charge in [0.15, 0.2) is 0 Å². The van der Waals surface area contributed by atoms with Crippen molar-refractivity contribution < 1.29 is 4.79 Å². The molecule has 1 aromatic rings. The second-order valence-electron chi connectivity index (χ2n) is 8.49. The third kappa shape index (κ3) is 5.09. The van der Waals surface area contributed by atoms with Crippen LogP contribution in [0.1, 0.15) is 38.3 Å². The van der Waals surface area contributed by atoms with Crippen LogP contribution in [0.3, 0.4) is 0 Å². The number of carbonyl (C=O) groups is 1. The minimum absolute atomic E-state index is 0.0282. The molecule has 2 heterocycles. The minimum Gasteiger partial charge on any atom is -0.341 e. The fourth-order valence-electron chi connectivity index (χ4n) is 4.51. The summed E-state index contributed by atoms with van der Waals surface area (Å²) in [4.78, 5) is 19.8. The van der Waals surface area contributed by atoms with E-state index in [-0.39, 0.29) is 6.04 Å². The van der Waals surface area contributed by atoms with Crippen molar-refractivity contribution in [1.82, 2.24) is 14.7 Å². The zero-order chi connectivity index (χ0) is 19.4. The zero-order valence-corrected chi connectivity index (χ0v) is 16.9. The number of piperazine rings is 1. The lowest BCUT2D eigenvalue weighted by molar-refractivity contribution is -0.139. The molecule has 1 amide bonds. The van der Waals surface area contributed by atoms with Crippen molar-refractivity contribution >= 4 is 5.91 Å². The van der Waals surface area contributed by atoms with Gasteiger partial charge in [0.25, 0.3) is 0 Å². The highest BCUT2D eigenvalue weighted by Gasteiger charge is 2.32. The van der Waals surface area contributed by atoms with Gasteiger partial charge in [-0.1, -0.05) is 26.0 Å². The molecule has 0 aromatic heterocycles. The molecule has 1 aromatic carbocycles. The number of amides is 1. The molecule has 2 saturated heterocycles. The summed E-state index contributed by atoms with van der Waals surface area (Å²) in [6.45, 7) is 13.1. The van der Waals surface area contributed by atoms with Gasteiger partial charge in [0.05, 0.1) is 17.7 Å². The molecule has 2 fully saturated rings. The van der Waals surface area contributed by atoms with Gasteiger partial charge in [-0.25, -0.2) is 0 Å². The number of hydrogen-bond donors (Lipinski definition) is 0. The van der Waals surface area contributed by atoms with Crippen LogP contribution in [0.5, 0.6) is 0 Å². The van der Waals surface area contributed by atoms with E-state index in [0.717, 1.165) is 45.8 Å². The first kappa shape index (κ1) is 19.9. The lowest BCUT2D eigenvalue weighted by atomic mass is 9.91. The molecule has 0 radical (unpaired) electrons. The number of nitrogens with zero attached hydrogens (tertiary/aromatic N) is 4. The van der Waals surface area contributed by atoms with E-state index in [1.165, 1.54) is 12.0 Å². The van der Waals surface area contributed by atoms with Crippen molar-refractivity contribution in [2.75, 3.05) is 39.3 Å². The average molecular weight is 369 g/mol. The van der Waals surface area contributed by atoms with E-state index in [0.29, 0.717) is 23.3 Å². The highest BCUT2D eigenvalue weighted by atomic mass is 16.2. The predicted molar refractivity (Wildman–Crippen MR) is 107 cm³/mol. The first-order chi connectivity index (χ1) is 13.0. The maximum atomic E-state index is 13.0. The van der Waals surface area contributed by atoms with Crippen LogP contribution in [0.2, 0.25) is 0 Å². The number of hydrogen-bond acceptors (Lipinski definition) is 4. The second kappa shape index (κ2) is 8.86. The molecule has 2 aliphatic heterocycles. The molecule has 2 aliphatic rings. The average Bonchev–Trinajstić information content (AvgIpc) is 2.67. The number of likely N-dealkylation sites (tertiary alicyclic amines) is 1. The van der Waals surface area contributed by atoms with E-state index in [4.69, 9.17) is 5.26 Å². The Kier molecular flexibility index (Phi) is 6.51. The predicted octanol–water partition coefficient (Wildman–Crippen LogP) is 2.57. The molecular formula is C22H32N4O. The Hall–Kier alpha value is -1.90. The van der Waals surface area contributed by atoms with E-state index in [9.17, 15) is 4.79 Å². The molecule has 0 aliphatic carbocycles. The highest BCUT2D eigenvalue weighted by Crippen LogP contribution is 2.22. The molecule has 27 heavy (non-hydrogen) atoms. The van der Waals surface area contributed by atoms with Gasteiger partial charge >= 0.3 is 0 Å². The fraction of sp³-hybridized carbons (Fsp3) is 0.636. The Bertz CT molecular complexity index is 663. The third-order valence-electron chi connectivity index (χ3n) is 5.98. The molecule has 0 N–H and O–H groups in total. The Morgan fingerprint density at radius 2 is 1.70 bits per heavy atom. The number of carbonyl (C=O) groups excluding carboxylic acids is 1. The number of rotatable bonds is 4. The normalized spacial score (nSPS) is 25.8. The topological polar surface area (TPSA) is 50.6 Å². The van der Waals surface area contributed by atoms with E-state index in [1.54, 1.807) is 0 Å². The Balaban J connectivity index is 1.49. The van der Waals surface area contributed by atoms with Crippen LogP contribution >= 0.6 is 0 Å². The maximum Gasteiger partial charge on any atom is 0.239 e. The zero-order valence-electron chi connectivity index (χ0n) is 16.9. The summed E-state index contributed by atoms with van der Waals surface area (Å²) >= 11 is 0. The van der Waals surface area contributed by atoms with Crippen LogP contribution < -0.4 is 0 Å². The van der Waals surface area contributed by atoms with Gasteiger partial charge in [0, 0.05) is 45.8 Å². The van der Waals surface area contributed by atoms with Gasteiger partial charge < -0.3 is 4.90 Å². The monoisotopic (exact) mass is 368 g/mol. The van der Waals surface area contributed by atoms with Crippen LogP contribution in [0.25, 0.3) is 0 Å². The third-order valence-corrected chi connectivity index (χ3v) is 5.98. The van der Waals surface area contributed by atoms with Crippen molar-refractivity contribution in [3.05, 3.63) is 35.4 Å². The first-order valence-electron chi connectivity index (χ1n) is 10.2. The van der Waals surface area contributed by atoms with Crippen LogP contribution in [0.15, 0.2) is 24.3 Å². The lowest BCUT2D eigenvalue weighted by Crippen LogP contribution is -2.56. The van der Waals surface area contributed by atoms with Crippen molar-refractivity contribution in [3.63, 3.8) is 0 Å². The minimum atomic E-state index is -0.0282. The number of piperidine rings is 1. The quantitative estimate of drug-likeness (QED) is 0.820. The van der Waals surface area contributed by atoms with Crippen molar-refractivity contribution in [2.45, 2.75) is 39.8 Å². The van der Waals surface area contributed by atoms with Crippen LogP contribution in [-0.4, -0.2) is 65.9 Å². The highest BCUT2D eigenvalue weighted by molar-refractivity contribution is 5.81. The summed E-state index contributed by atoms with van der Waals surface area (Å²) in [5, 5.41) is 8.90. The molecule has 5 nitrogen and oxygen atoms in total.